The van der Waals surface area contributed by atoms with Crippen molar-refractivity contribution in [3.63, 3.8) is 0 Å². The first kappa shape index (κ1) is 23.5. The van der Waals surface area contributed by atoms with Gasteiger partial charge in [-0.2, -0.15) is 0 Å². The summed E-state index contributed by atoms with van der Waals surface area (Å²) in [7, 11) is 2.14. The number of rotatable bonds is 4. The normalized spacial score (nSPS) is 16.9. The van der Waals surface area contributed by atoms with Crippen LogP contribution in [0.1, 0.15) is 10.6 Å². The van der Waals surface area contributed by atoms with Gasteiger partial charge in [-0.1, -0.05) is 6.07 Å². The van der Waals surface area contributed by atoms with Crippen LogP contribution in [0.4, 0.5) is 17.1 Å². The molecule has 0 atom stereocenters. The third-order valence-corrected chi connectivity index (χ3v) is 7.29. The quantitative estimate of drug-likeness (QED) is 0.429. The molecule has 3 aromatic carbocycles. The van der Waals surface area contributed by atoms with Crippen molar-refractivity contribution in [1.82, 2.24) is 4.90 Å². The van der Waals surface area contributed by atoms with Gasteiger partial charge in [0.15, 0.2) is 11.2 Å². The number of carbonyl (C=O) groups excluding carboxylic acids is 1. The van der Waals surface area contributed by atoms with Gasteiger partial charge in [-0.15, -0.1) is 0 Å². The van der Waals surface area contributed by atoms with E-state index >= 15 is 0 Å². The number of fused-ring (bicyclic) bond motifs is 3. The second-order valence-corrected chi connectivity index (χ2v) is 9.71. The molecular weight excluding hydrogens is 468 g/mol. The molecule has 2 aliphatic heterocycles. The standard InChI is InChI=1S/C29H30N4O4/c1-31-10-12-32(13-11-31)23-7-9-24-20(18-23)2-8-25-26(34)19-27(37-28(24)25)29(35)30-21-3-5-22(6-4-21)33-14-16-36-17-15-33/h2-9,18-19H,10-17H2,1H3,(H,30,35). The van der Waals surface area contributed by atoms with Gasteiger partial charge in [-0.05, 0) is 61.0 Å². The van der Waals surface area contributed by atoms with E-state index in [9.17, 15) is 9.59 Å². The highest BCUT2D eigenvalue weighted by Gasteiger charge is 2.18. The summed E-state index contributed by atoms with van der Waals surface area (Å²) in [5.41, 5.74) is 3.07. The van der Waals surface area contributed by atoms with Crippen LogP contribution in [0.15, 0.2) is 69.9 Å². The predicted octanol–water partition coefficient (Wildman–Crippen LogP) is 3.79. The number of amides is 1. The van der Waals surface area contributed by atoms with Crippen molar-refractivity contribution in [3.05, 3.63) is 76.6 Å². The Hall–Kier alpha value is -3.88. The van der Waals surface area contributed by atoms with Crippen LogP contribution in [0.3, 0.4) is 0 Å². The van der Waals surface area contributed by atoms with Crippen molar-refractivity contribution in [3.8, 4) is 0 Å². The van der Waals surface area contributed by atoms with E-state index in [2.05, 4.69) is 39.2 Å². The van der Waals surface area contributed by atoms with E-state index in [0.29, 0.717) is 29.9 Å². The van der Waals surface area contributed by atoms with Crippen molar-refractivity contribution < 1.29 is 13.9 Å². The first-order valence-corrected chi connectivity index (χ1v) is 12.7. The van der Waals surface area contributed by atoms with E-state index in [-0.39, 0.29) is 11.2 Å². The molecule has 6 rings (SSSR count). The fourth-order valence-corrected chi connectivity index (χ4v) is 5.07. The van der Waals surface area contributed by atoms with Crippen LogP contribution >= 0.6 is 0 Å². The van der Waals surface area contributed by atoms with Crippen LogP contribution in [0.25, 0.3) is 21.7 Å². The van der Waals surface area contributed by atoms with Crippen molar-refractivity contribution in [2.45, 2.75) is 0 Å². The minimum absolute atomic E-state index is 0.00889. The number of carbonyl (C=O) groups is 1. The van der Waals surface area contributed by atoms with Crippen molar-refractivity contribution in [2.75, 3.05) is 74.6 Å². The van der Waals surface area contributed by atoms with E-state index in [1.807, 2.05) is 36.4 Å². The lowest BCUT2D eigenvalue weighted by Gasteiger charge is -2.34. The lowest BCUT2D eigenvalue weighted by Crippen LogP contribution is -2.44. The van der Waals surface area contributed by atoms with Crippen LogP contribution in [-0.4, -0.2) is 70.3 Å². The predicted molar refractivity (Wildman–Crippen MR) is 147 cm³/mol. The number of nitrogens with zero attached hydrogens (tertiary/aromatic N) is 3. The zero-order valence-electron chi connectivity index (χ0n) is 20.9. The Bertz CT molecular complexity index is 1500. The summed E-state index contributed by atoms with van der Waals surface area (Å²) >= 11 is 0. The van der Waals surface area contributed by atoms with Crippen LogP contribution < -0.4 is 20.5 Å². The smallest absolute Gasteiger partial charge is 0.291 e. The van der Waals surface area contributed by atoms with Crippen LogP contribution in [0.5, 0.6) is 0 Å². The van der Waals surface area contributed by atoms with Gasteiger partial charge in [-0.3, -0.25) is 9.59 Å². The van der Waals surface area contributed by atoms with Gasteiger partial charge in [0.05, 0.1) is 18.6 Å². The van der Waals surface area contributed by atoms with Crippen LogP contribution in [-0.2, 0) is 4.74 Å². The van der Waals surface area contributed by atoms with Gasteiger partial charge >= 0.3 is 0 Å². The first-order valence-electron chi connectivity index (χ1n) is 12.7. The summed E-state index contributed by atoms with van der Waals surface area (Å²) < 4.78 is 11.5. The molecular formula is C29H30N4O4. The van der Waals surface area contributed by atoms with Gasteiger partial charge in [-0.25, -0.2) is 0 Å². The van der Waals surface area contributed by atoms with E-state index in [4.69, 9.17) is 9.15 Å². The first-order chi connectivity index (χ1) is 18.0. The summed E-state index contributed by atoms with van der Waals surface area (Å²) in [5, 5.41) is 5.11. The fraction of sp³-hybridized carbons (Fsp3) is 0.310. The third kappa shape index (κ3) is 4.77. The molecule has 0 radical (unpaired) electrons. The van der Waals surface area contributed by atoms with Crippen LogP contribution in [0.2, 0.25) is 0 Å². The Morgan fingerprint density at radius 2 is 1.46 bits per heavy atom. The second-order valence-electron chi connectivity index (χ2n) is 9.71. The molecule has 0 bridgehead atoms. The molecule has 190 valence electrons. The number of hydrogen-bond donors (Lipinski definition) is 1. The molecule has 0 unspecified atom stereocenters. The fourth-order valence-electron chi connectivity index (χ4n) is 5.07. The molecule has 2 fully saturated rings. The zero-order valence-corrected chi connectivity index (χ0v) is 20.9. The molecule has 8 heteroatoms. The molecule has 1 amide bonds. The summed E-state index contributed by atoms with van der Waals surface area (Å²) in [4.78, 5) is 32.9. The Kier molecular flexibility index (Phi) is 6.28. The van der Waals surface area contributed by atoms with E-state index in [0.717, 1.165) is 61.4 Å². The minimum atomic E-state index is -0.454. The number of morpholine rings is 1. The summed E-state index contributed by atoms with van der Waals surface area (Å²) in [6.45, 7) is 7.12. The molecule has 8 nitrogen and oxygen atoms in total. The average Bonchev–Trinajstić information content (AvgIpc) is 2.94. The van der Waals surface area contributed by atoms with Crippen LogP contribution in [0, 0.1) is 0 Å². The molecule has 0 spiro atoms. The van der Waals surface area contributed by atoms with E-state index in [1.54, 1.807) is 6.07 Å². The molecule has 2 saturated heterocycles. The van der Waals surface area contributed by atoms with Gasteiger partial charge in [0.1, 0.15) is 5.58 Å². The highest BCUT2D eigenvalue weighted by Crippen LogP contribution is 2.29. The summed E-state index contributed by atoms with van der Waals surface area (Å²) in [6.07, 6.45) is 0. The van der Waals surface area contributed by atoms with Crippen molar-refractivity contribution in [2.24, 2.45) is 0 Å². The van der Waals surface area contributed by atoms with E-state index < -0.39 is 5.91 Å². The molecule has 37 heavy (non-hydrogen) atoms. The maximum absolute atomic E-state index is 13.0. The largest absolute Gasteiger partial charge is 0.450 e. The number of piperazine rings is 1. The topological polar surface area (TPSA) is 78.3 Å². The SMILES string of the molecule is CN1CCN(c2ccc3c(ccc4c(=O)cc(C(=O)Nc5ccc(N6CCOCC6)cc5)oc43)c2)CC1. The molecule has 0 saturated carbocycles. The minimum Gasteiger partial charge on any atom is -0.450 e. The lowest BCUT2D eigenvalue weighted by molar-refractivity contribution is 0.0997. The van der Waals surface area contributed by atoms with Gasteiger partial charge in [0, 0.05) is 67.8 Å². The molecule has 1 aromatic heterocycles. The monoisotopic (exact) mass is 498 g/mol. The highest BCUT2D eigenvalue weighted by atomic mass is 16.5. The Balaban J connectivity index is 1.26. The Morgan fingerprint density at radius 1 is 0.784 bits per heavy atom. The number of benzene rings is 3. The van der Waals surface area contributed by atoms with E-state index in [1.165, 1.54) is 6.07 Å². The molecule has 3 heterocycles. The second kappa shape index (κ2) is 9.88. The highest BCUT2D eigenvalue weighted by molar-refractivity contribution is 6.07. The van der Waals surface area contributed by atoms with Gasteiger partial charge < -0.3 is 29.2 Å². The summed E-state index contributed by atoms with van der Waals surface area (Å²) in [5.74, 6) is -0.463. The van der Waals surface area contributed by atoms with Gasteiger partial charge in [0.25, 0.3) is 5.91 Å². The Morgan fingerprint density at radius 3 is 2.22 bits per heavy atom. The van der Waals surface area contributed by atoms with Crippen molar-refractivity contribution in [1.29, 1.82) is 0 Å². The molecule has 2 aliphatic rings. The molecule has 0 aliphatic carbocycles. The maximum Gasteiger partial charge on any atom is 0.291 e. The number of hydrogen-bond acceptors (Lipinski definition) is 7. The summed E-state index contributed by atoms with van der Waals surface area (Å²) in [6, 6.07) is 18.8. The Labute approximate surface area is 215 Å². The van der Waals surface area contributed by atoms with Gasteiger partial charge in [0.2, 0.25) is 0 Å². The number of nitrogens with one attached hydrogen (secondary N) is 1. The lowest BCUT2D eigenvalue weighted by atomic mass is 10.1. The number of anilines is 3. The zero-order chi connectivity index (χ0) is 25.4. The number of likely N-dealkylation sites (N-methyl/N-ethyl adjacent to an activating group) is 1. The molecule has 1 N–H and O–H groups in total. The maximum atomic E-state index is 13.0. The average molecular weight is 499 g/mol. The molecule has 4 aromatic rings. The third-order valence-electron chi connectivity index (χ3n) is 7.29. The van der Waals surface area contributed by atoms with Crippen molar-refractivity contribution >= 4 is 44.7 Å². The number of ether oxygens (including phenoxy) is 1.